The van der Waals surface area contributed by atoms with Crippen molar-refractivity contribution >= 4 is 0 Å². The van der Waals surface area contributed by atoms with Gasteiger partial charge < -0.3 is 10.8 Å². The standard InChI is InChI=1S/C11H14FNO/c12-9-4-2-1-3-8(9)10(13)11(14)7-5-6-7/h1-4,7,10-11,14H,5-6,13H2/t10-,11+/m1/s1. The van der Waals surface area contributed by atoms with Crippen LogP contribution in [0.5, 0.6) is 0 Å². The minimum Gasteiger partial charge on any atom is -0.391 e. The molecule has 3 N–H and O–H groups in total. The second-order valence-electron chi connectivity index (χ2n) is 3.88. The van der Waals surface area contributed by atoms with Crippen molar-refractivity contribution in [3.63, 3.8) is 0 Å². The van der Waals surface area contributed by atoms with Crippen molar-refractivity contribution in [2.45, 2.75) is 25.0 Å². The lowest BCUT2D eigenvalue weighted by Crippen LogP contribution is -2.28. The number of hydrogen-bond donors (Lipinski definition) is 2. The van der Waals surface area contributed by atoms with Gasteiger partial charge >= 0.3 is 0 Å². The molecule has 1 saturated carbocycles. The topological polar surface area (TPSA) is 46.2 Å². The second-order valence-corrected chi connectivity index (χ2v) is 3.88. The third-order valence-corrected chi connectivity index (χ3v) is 2.74. The van der Waals surface area contributed by atoms with E-state index in [0.29, 0.717) is 5.56 Å². The van der Waals surface area contributed by atoms with Gasteiger partial charge in [0.1, 0.15) is 5.82 Å². The van der Waals surface area contributed by atoms with Crippen LogP contribution in [0.4, 0.5) is 4.39 Å². The van der Waals surface area contributed by atoms with Gasteiger partial charge in [-0.3, -0.25) is 0 Å². The zero-order chi connectivity index (χ0) is 10.1. The Balaban J connectivity index is 2.17. The van der Waals surface area contributed by atoms with Gasteiger partial charge in [0, 0.05) is 5.56 Å². The average molecular weight is 195 g/mol. The summed E-state index contributed by atoms with van der Waals surface area (Å²) in [5.74, 6) is -0.0655. The summed E-state index contributed by atoms with van der Waals surface area (Å²) in [4.78, 5) is 0. The van der Waals surface area contributed by atoms with Crippen LogP contribution in [0.25, 0.3) is 0 Å². The molecule has 0 amide bonds. The van der Waals surface area contributed by atoms with Crippen LogP contribution in [0.2, 0.25) is 0 Å². The van der Waals surface area contributed by atoms with Crippen molar-refractivity contribution < 1.29 is 9.50 Å². The van der Waals surface area contributed by atoms with Gasteiger partial charge in [-0.25, -0.2) is 4.39 Å². The summed E-state index contributed by atoms with van der Waals surface area (Å²) in [7, 11) is 0. The summed E-state index contributed by atoms with van der Waals surface area (Å²) in [6.07, 6.45) is 1.40. The highest BCUT2D eigenvalue weighted by atomic mass is 19.1. The minimum absolute atomic E-state index is 0.268. The van der Waals surface area contributed by atoms with Crippen LogP contribution in [-0.4, -0.2) is 11.2 Å². The molecule has 0 aromatic heterocycles. The van der Waals surface area contributed by atoms with E-state index in [1.807, 2.05) is 0 Å². The van der Waals surface area contributed by atoms with Crippen molar-refractivity contribution in [1.82, 2.24) is 0 Å². The van der Waals surface area contributed by atoms with Gasteiger partial charge in [0.2, 0.25) is 0 Å². The van der Waals surface area contributed by atoms with Crippen molar-refractivity contribution in [2.24, 2.45) is 11.7 Å². The maximum absolute atomic E-state index is 13.3. The number of aliphatic hydroxyl groups excluding tert-OH is 1. The van der Waals surface area contributed by atoms with Gasteiger partial charge in [0.05, 0.1) is 12.1 Å². The average Bonchev–Trinajstić information content (AvgIpc) is 3.00. The van der Waals surface area contributed by atoms with E-state index in [0.717, 1.165) is 12.8 Å². The Morgan fingerprint density at radius 2 is 2.00 bits per heavy atom. The molecule has 1 fully saturated rings. The second kappa shape index (κ2) is 3.67. The quantitative estimate of drug-likeness (QED) is 0.769. The summed E-state index contributed by atoms with van der Waals surface area (Å²) in [6, 6.07) is 5.76. The lowest BCUT2D eigenvalue weighted by molar-refractivity contribution is 0.121. The molecule has 0 spiro atoms. The SMILES string of the molecule is N[C@H](c1ccccc1F)[C@@H](O)C1CC1. The van der Waals surface area contributed by atoms with Gasteiger partial charge in [0.25, 0.3) is 0 Å². The van der Waals surface area contributed by atoms with E-state index >= 15 is 0 Å². The van der Waals surface area contributed by atoms with Crippen LogP contribution >= 0.6 is 0 Å². The largest absolute Gasteiger partial charge is 0.391 e. The summed E-state index contributed by atoms with van der Waals surface area (Å²) < 4.78 is 13.3. The molecule has 14 heavy (non-hydrogen) atoms. The van der Waals surface area contributed by atoms with Crippen molar-refractivity contribution in [3.8, 4) is 0 Å². The maximum Gasteiger partial charge on any atom is 0.128 e. The van der Waals surface area contributed by atoms with Gasteiger partial charge in [-0.1, -0.05) is 18.2 Å². The Morgan fingerprint density at radius 3 is 2.57 bits per heavy atom. The summed E-state index contributed by atoms with van der Waals surface area (Å²) in [5.41, 5.74) is 6.20. The molecule has 0 unspecified atom stereocenters. The lowest BCUT2D eigenvalue weighted by atomic mass is 9.99. The van der Waals surface area contributed by atoms with E-state index in [4.69, 9.17) is 5.73 Å². The molecule has 0 aliphatic heterocycles. The highest BCUT2D eigenvalue weighted by molar-refractivity contribution is 5.22. The molecular formula is C11H14FNO. The zero-order valence-corrected chi connectivity index (χ0v) is 7.86. The predicted octanol–water partition coefficient (Wildman–Crippen LogP) is 1.60. The number of benzene rings is 1. The van der Waals surface area contributed by atoms with Gasteiger partial charge in [0.15, 0.2) is 0 Å². The van der Waals surface area contributed by atoms with E-state index in [9.17, 15) is 9.50 Å². The van der Waals surface area contributed by atoms with Crippen LogP contribution in [0.15, 0.2) is 24.3 Å². The first-order chi connectivity index (χ1) is 6.70. The number of rotatable bonds is 3. The van der Waals surface area contributed by atoms with Crippen LogP contribution in [0.1, 0.15) is 24.4 Å². The molecule has 0 saturated heterocycles. The summed E-state index contributed by atoms with van der Waals surface area (Å²) in [5, 5.41) is 9.74. The Bertz CT molecular complexity index is 325. The number of halogens is 1. The molecule has 2 atom stereocenters. The van der Waals surface area contributed by atoms with Gasteiger partial charge in [-0.2, -0.15) is 0 Å². The smallest absolute Gasteiger partial charge is 0.128 e. The molecule has 0 heterocycles. The van der Waals surface area contributed by atoms with E-state index in [-0.39, 0.29) is 11.7 Å². The van der Waals surface area contributed by atoms with E-state index in [2.05, 4.69) is 0 Å². The third-order valence-electron chi connectivity index (χ3n) is 2.74. The van der Waals surface area contributed by atoms with Crippen LogP contribution in [-0.2, 0) is 0 Å². The molecular weight excluding hydrogens is 181 g/mol. The predicted molar refractivity (Wildman–Crippen MR) is 52.1 cm³/mol. The van der Waals surface area contributed by atoms with Crippen LogP contribution in [0.3, 0.4) is 0 Å². The third kappa shape index (κ3) is 1.79. The first kappa shape index (κ1) is 9.62. The number of aliphatic hydroxyl groups is 1. The highest BCUT2D eigenvalue weighted by Crippen LogP contribution is 2.37. The molecule has 76 valence electrons. The minimum atomic E-state index is -0.605. The van der Waals surface area contributed by atoms with Crippen molar-refractivity contribution in [1.29, 1.82) is 0 Å². The Hall–Kier alpha value is -0.930. The van der Waals surface area contributed by atoms with Crippen LogP contribution < -0.4 is 5.73 Å². The van der Waals surface area contributed by atoms with Crippen molar-refractivity contribution in [3.05, 3.63) is 35.6 Å². The van der Waals surface area contributed by atoms with E-state index in [1.54, 1.807) is 18.2 Å². The monoisotopic (exact) mass is 195 g/mol. The van der Waals surface area contributed by atoms with Gasteiger partial charge in [-0.05, 0) is 24.8 Å². The molecule has 0 radical (unpaired) electrons. The molecule has 2 nitrogen and oxygen atoms in total. The normalized spacial score (nSPS) is 20.5. The fourth-order valence-electron chi connectivity index (χ4n) is 1.66. The molecule has 1 aliphatic carbocycles. The van der Waals surface area contributed by atoms with Crippen LogP contribution in [0, 0.1) is 11.7 Å². The maximum atomic E-state index is 13.3. The summed E-state index contributed by atoms with van der Waals surface area (Å²) in [6.45, 7) is 0. The first-order valence-electron chi connectivity index (χ1n) is 4.88. The molecule has 2 rings (SSSR count). The Morgan fingerprint density at radius 1 is 1.36 bits per heavy atom. The van der Waals surface area contributed by atoms with Gasteiger partial charge in [-0.15, -0.1) is 0 Å². The summed E-state index contributed by atoms with van der Waals surface area (Å²) >= 11 is 0. The van der Waals surface area contributed by atoms with E-state index in [1.165, 1.54) is 6.07 Å². The molecule has 1 aromatic rings. The molecule has 1 aromatic carbocycles. The Kier molecular flexibility index (Phi) is 2.52. The number of hydrogen-bond acceptors (Lipinski definition) is 2. The fourth-order valence-corrected chi connectivity index (χ4v) is 1.66. The first-order valence-corrected chi connectivity index (χ1v) is 4.88. The Labute approximate surface area is 82.5 Å². The lowest BCUT2D eigenvalue weighted by Gasteiger charge is -2.19. The fraction of sp³-hybridized carbons (Fsp3) is 0.455. The highest BCUT2D eigenvalue weighted by Gasteiger charge is 2.34. The molecule has 3 heteroatoms. The molecule has 1 aliphatic rings. The van der Waals surface area contributed by atoms with E-state index < -0.39 is 12.1 Å². The van der Waals surface area contributed by atoms with Crippen molar-refractivity contribution in [2.75, 3.05) is 0 Å². The molecule has 0 bridgehead atoms. The zero-order valence-electron chi connectivity index (χ0n) is 7.86. The number of nitrogens with two attached hydrogens (primary N) is 1.